The molecular weight excluding hydrogens is 368 g/mol. The van der Waals surface area contributed by atoms with Crippen LogP contribution in [0.1, 0.15) is 11.1 Å². The summed E-state index contributed by atoms with van der Waals surface area (Å²) < 4.78 is 1.80. The quantitative estimate of drug-likeness (QED) is 0.502. The molecule has 1 N–H and O–H groups in total. The van der Waals surface area contributed by atoms with E-state index in [0.29, 0.717) is 0 Å². The van der Waals surface area contributed by atoms with Gasteiger partial charge in [0.1, 0.15) is 5.03 Å². The zero-order chi connectivity index (χ0) is 19.5. The van der Waals surface area contributed by atoms with Crippen LogP contribution in [0, 0.1) is 13.8 Å². The van der Waals surface area contributed by atoms with Gasteiger partial charge in [-0.15, -0.1) is 0 Å². The smallest absolute Gasteiger partial charge is 0.234 e. The van der Waals surface area contributed by atoms with Gasteiger partial charge in [0.15, 0.2) is 0 Å². The third-order valence-corrected chi connectivity index (χ3v) is 5.55. The van der Waals surface area contributed by atoms with Crippen molar-refractivity contribution in [3.63, 3.8) is 0 Å². The maximum atomic E-state index is 12.4. The Hall–Kier alpha value is -3.12. The van der Waals surface area contributed by atoms with Crippen LogP contribution >= 0.6 is 11.8 Å². The lowest BCUT2D eigenvalue weighted by Gasteiger charge is -2.07. The van der Waals surface area contributed by atoms with E-state index in [1.807, 2.05) is 67.7 Å². The maximum absolute atomic E-state index is 12.4. The number of nitrogens with one attached hydrogen (secondary N) is 1. The van der Waals surface area contributed by atoms with Gasteiger partial charge in [0.25, 0.3) is 0 Å². The van der Waals surface area contributed by atoms with Gasteiger partial charge < -0.3 is 5.32 Å². The summed E-state index contributed by atoms with van der Waals surface area (Å²) in [5.41, 5.74) is 6.01. The Kier molecular flexibility index (Phi) is 5.12. The largest absolute Gasteiger partial charge is 0.325 e. The van der Waals surface area contributed by atoms with Gasteiger partial charge in [-0.2, -0.15) is 5.10 Å². The second-order valence-corrected chi connectivity index (χ2v) is 7.56. The van der Waals surface area contributed by atoms with Gasteiger partial charge in [-0.25, -0.2) is 9.50 Å². The summed E-state index contributed by atoms with van der Waals surface area (Å²) in [6.45, 7) is 4.09. The molecule has 4 aromatic rings. The SMILES string of the molecule is Cc1ccc(NC(=O)CSc2nccn3nc(-c4ccccc4)cc23)cc1C. The van der Waals surface area contributed by atoms with Gasteiger partial charge in [0.05, 0.1) is 17.0 Å². The molecule has 1 amide bonds. The van der Waals surface area contributed by atoms with Gasteiger partial charge in [0.2, 0.25) is 5.91 Å². The van der Waals surface area contributed by atoms with Crippen LogP contribution in [-0.2, 0) is 4.79 Å². The van der Waals surface area contributed by atoms with E-state index in [0.717, 1.165) is 33.1 Å². The molecule has 0 unspecified atom stereocenters. The highest BCUT2D eigenvalue weighted by atomic mass is 32.2. The van der Waals surface area contributed by atoms with Crippen molar-refractivity contribution in [2.45, 2.75) is 18.9 Å². The number of aryl methyl sites for hydroxylation is 2. The van der Waals surface area contributed by atoms with Crippen LogP contribution in [0.3, 0.4) is 0 Å². The number of carbonyl (C=O) groups excluding carboxylic acids is 1. The predicted octanol–water partition coefficient (Wildman–Crippen LogP) is 4.74. The number of amides is 1. The Morgan fingerprint density at radius 1 is 1.07 bits per heavy atom. The summed E-state index contributed by atoms with van der Waals surface area (Å²) in [5, 5.41) is 8.35. The van der Waals surface area contributed by atoms with E-state index in [1.165, 1.54) is 17.3 Å². The minimum absolute atomic E-state index is 0.0557. The van der Waals surface area contributed by atoms with Crippen LogP contribution in [0.15, 0.2) is 72.0 Å². The Morgan fingerprint density at radius 2 is 1.89 bits per heavy atom. The Balaban J connectivity index is 1.49. The predicted molar refractivity (Wildman–Crippen MR) is 114 cm³/mol. The molecule has 0 fully saturated rings. The molecule has 0 bridgehead atoms. The summed E-state index contributed by atoms with van der Waals surface area (Å²) in [6.07, 6.45) is 3.53. The average Bonchev–Trinajstić information content (AvgIpc) is 3.15. The molecule has 2 aromatic heterocycles. The molecule has 0 radical (unpaired) electrons. The standard InChI is InChI=1S/C22H20N4OS/c1-15-8-9-18(12-16(15)2)24-21(27)14-28-22-20-13-19(17-6-4-3-5-7-17)25-26(20)11-10-23-22/h3-13H,14H2,1-2H3,(H,24,27). The number of benzene rings is 2. The molecule has 0 saturated carbocycles. The van der Waals surface area contributed by atoms with E-state index >= 15 is 0 Å². The Bertz CT molecular complexity index is 1140. The Morgan fingerprint density at radius 3 is 2.68 bits per heavy atom. The third kappa shape index (κ3) is 3.92. The van der Waals surface area contributed by atoms with Crippen molar-refractivity contribution in [2.24, 2.45) is 0 Å². The van der Waals surface area contributed by atoms with E-state index in [-0.39, 0.29) is 11.7 Å². The fourth-order valence-corrected chi connectivity index (χ4v) is 3.69. The Labute approximate surface area is 167 Å². The van der Waals surface area contributed by atoms with Crippen LogP contribution in [0.5, 0.6) is 0 Å². The molecule has 0 aliphatic heterocycles. The fraction of sp³-hybridized carbons (Fsp3) is 0.136. The summed E-state index contributed by atoms with van der Waals surface area (Å²) in [6, 6.07) is 17.9. The minimum atomic E-state index is -0.0557. The van der Waals surface area contributed by atoms with E-state index in [9.17, 15) is 4.79 Å². The lowest BCUT2D eigenvalue weighted by Crippen LogP contribution is -2.14. The number of hydrogen-bond acceptors (Lipinski definition) is 4. The number of nitrogens with zero attached hydrogens (tertiary/aromatic N) is 3. The highest BCUT2D eigenvalue weighted by Crippen LogP contribution is 2.26. The van der Waals surface area contributed by atoms with Crippen LogP contribution < -0.4 is 5.32 Å². The van der Waals surface area contributed by atoms with E-state index in [1.54, 1.807) is 10.7 Å². The third-order valence-electron chi connectivity index (χ3n) is 4.55. The first kappa shape index (κ1) is 18.3. The van der Waals surface area contributed by atoms with Crippen molar-refractivity contribution in [1.29, 1.82) is 0 Å². The van der Waals surface area contributed by atoms with Gasteiger partial charge in [0, 0.05) is 23.6 Å². The van der Waals surface area contributed by atoms with Crippen molar-refractivity contribution in [3.05, 3.63) is 78.1 Å². The van der Waals surface area contributed by atoms with Gasteiger partial charge in [-0.05, 0) is 43.2 Å². The first-order valence-corrected chi connectivity index (χ1v) is 9.98. The molecule has 28 heavy (non-hydrogen) atoms. The van der Waals surface area contributed by atoms with Crippen LogP contribution in [0.4, 0.5) is 5.69 Å². The van der Waals surface area contributed by atoms with Crippen LogP contribution in [0.25, 0.3) is 16.8 Å². The number of rotatable bonds is 5. The number of carbonyl (C=O) groups is 1. The normalized spacial score (nSPS) is 10.9. The summed E-state index contributed by atoms with van der Waals surface area (Å²) in [7, 11) is 0. The number of hydrogen-bond donors (Lipinski definition) is 1. The minimum Gasteiger partial charge on any atom is -0.325 e. The van der Waals surface area contributed by atoms with Crippen molar-refractivity contribution in [2.75, 3.05) is 11.1 Å². The van der Waals surface area contributed by atoms with Gasteiger partial charge in [-0.3, -0.25) is 4.79 Å². The summed E-state index contributed by atoms with van der Waals surface area (Å²) >= 11 is 1.41. The molecule has 0 aliphatic rings. The second-order valence-electron chi connectivity index (χ2n) is 6.59. The summed E-state index contributed by atoms with van der Waals surface area (Å²) in [5.74, 6) is 0.227. The van der Waals surface area contributed by atoms with Crippen molar-refractivity contribution in [3.8, 4) is 11.3 Å². The van der Waals surface area contributed by atoms with Gasteiger partial charge >= 0.3 is 0 Å². The van der Waals surface area contributed by atoms with E-state index in [4.69, 9.17) is 0 Å². The molecule has 0 saturated heterocycles. The molecule has 2 aromatic carbocycles. The molecular formula is C22H20N4OS. The number of anilines is 1. The monoisotopic (exact) mass is 388 g/mol. The first-order chi connectivity index (χ1) is 13.6. The summed E-state index contributed by atoms with van der Waals surface area (Å²) in [4.78, 5) is 16.8. The molecule has 0 aliphatic carbocycles. The van der Waals surface area contributed by atoms with Crippen molar-refractivity contribution in [1.82, 2.24) is 14.6 Å². The average molecular weight is 388 g/mol. The highest BCUT2D eigenvalue weighted by molar-refractivity contribution is 8.00. The van der Waals surface area contributed by atoms with Crippen LogP contribution in [-0.4, -0.2) is 26.3 Å². The topological polar surface area (TPSA) is 59.3 Å². The molecule has 5 nitrogen and oxygen atoms in total. The molecule has 140 valence electrons. The molecule has 4 rings (SSSR count). The lowest BCUT2D eigenvalue weighted by molar-refractivity contribution is -0.113. The zero-order valence-corrected chi connectivity index (χ0v) is 16.5. The second kappa shape index (κ2) is 7.86. The maximum Gasteiger partial charge on any atom is 0.234 e. The number of aromatic nitrogens is 3. The molecule has 2 heterocycles. The lowest BCUT2D eigenvalue weighted by atomic mass is 10.1. The van der Waals surface area contributed by atoms with E-state index in [2.05, 4.69) is 22.3 Å². The molecule has 6 heteroatoms. The van der Waals surface area contributed by atoms with Gasteiger partial charge in [-0.1, -0.05) is 48.2 Å². The van der Waals surface area contributed by atoms with Crippen molar-refractivity contribution >= 4 is 28.9 Å². The first-order valence-electron chi connectivity index (χ1n) is 9.00. The van der Waals surface area contributed by atoms with Crippen molar-refractivity contribution < 1.29 is 4.79 Å². The number of thioether (sulfide) groups is 1. The van der Waals surface area contributed by atoms with Crippen LogP contribution in [0.2, 0.25) is 0 Å². The molecule has 0 atom stereocenters. The zero-order valence-electron chi connectivity index (χ0n) is 15.7. The van der Waals surface area contributed by atoms with E-state index < -0.39 is 0 Å². The highest BCUT2D eigenvalue weighted by Gasteiger charge is 2.11. The number of fused-ring (bicyclic) bond motifs is 1. The molecule has 0 spiro atoms. The fourth-order valence-electron chi connectivity index (χ4n) is 2.91.